The van der Waals surface area contributed by atoms with Crippen LogP contribution in [0.4, 0.5) is 23.7 Å². The first-order chi connectivity index (χ1) is 9.77. The number of amidine groups is 1. The molecule has 0 saturated heterocycles. The first kappa shape index (κ1) is 16.6. The van der Waals surface area contributed by atoms with Crippen LogP contribution in [0.1, 0.15) is 18.9 Å². The highest BCUT2D eigenvalue weighted by Crippen LogP contribution is 2.30. The van der Waals surface area contributed by atoms with Crippen LogP contribution < -0.4 is 16.4 Å². The van der Waals surface area contributed by atoms with Crippen LogP contribution in [0.15, 0.2) is 29.4 Å². The number of amides is 2. The fourth-order valence-corrected chi connectivity index (χ4v) is 1.55. The Balaban J connectivity index is 2.75. The molecule has 1 unspecified atom stereocenters. The van der Waals surface area contributed by atoms with Gasteiger partial charge < -0.3 is 21.6 Å². The van der Waals surface area contributed by atoms with Crippen LogP contribution in [0.25, 0.3) is 0 Å². The van der Waals surface area contributed by atoms with Crippen molar-refractivity contribution in [3.05, 3.63) is 29.8 Å². The normalized spacial score (nSPS) is 13.6. The summed E-state index contributed by atoms with van der Waals surface area (Å²) in [6, 6.07) is 2.73. The van der Waals surface area contributed by atoms with Gasteiger partial charge in [-0.2, -0.15) is 13.2 Å². The van der Waals surface area contributed by atoms with Crippen molar-refractivity contribution in [2.75, 3.05) is 5.32 Å². The minimum Gasteiger partial charge on any atom is -0.409 e. The van der Waals surface area contributed by atoms with E-state index >= 15 is 0 Å². The highest BCUT2D eigenvalue weighted by Gasteiger charge is 2.30. The Kier molecular flexibility index (Phi) is 5.39. The number of nitrogens with two attached hydrogens (primary N) is 1. The number of rotatable bonds is 4. The Hall–Kier alpha value is -2.45. The Labute approximate surface area is 118 Å². The molecule has 21 heavy (non-hydrogen) atoms. The first-order valence-corrected chi connectivity index (χ1v) is 6.00. The van der Waals surface area contributed by atoms with E-state index in [4.69, 9.17) is 10.9 Å². The summed E-state index contributed by atoms with van der Waals surface area (Å²) in [5.41, 5.74) is 4.47. The van der Waals surface area contributed by atoms with Gasteiger partial charge in [-0.05, 0) is 24.6 Å². The van der Waals surface area contributed by atoms with Crippen molar-refractivity contribution >= 4 is 17.6 Å². The van der Waals surface area contributed by atoms with Crippen molar-refractivity contribution in [1.82, 2.24) is 5.32 Å². The number of carbonyl (C=O) groups excluding carboxylic acids is 1. The van der Waals surface area contributed by atoms with Gasteiger partial charge in [0, 0.05) is 5.69 Å². The number of hydrogen-bond donors (Lipinski definition) is 4. The second-order valence-electron chi connectivity index (χ2n) is 4.16. The Morgan fingerprint density at radius 1 is 1.48 bits per heavy atom. The summed E-state index contributed by atoms with van der Waals surface area (Å²) in [6.45, 7) is 1.69. The van der Waals surface area contributed by atoms with E-state index < -0.39 is 23.8 Å². The van der Waals surface area contributed by atoms with Crippen LogP contribution in [0, 0.1) is 0 Å². The quantitative estimate of drug-likeness (QED) is 0.297. The van der Waals surface area contributed by atoms with Gasteiger partial charge >= 0.3 is 12.2 Å². The van der Waals surface area contributed by atoms with Crippen molar-refractivity contribution in [2.45, 2.75) is 25.6 Å². The second kappa shape index (κ2) is 6.82. The molecular weight excluding hydrogens is 289 g/mol. The molecule has 0 aliphatic rings. The fraction of sp³-hybridized carbons (Fsp3) is 0.333. The van der Waals surface area contributed by atoms with Crippen molar-refractivity contribution in [1.29, 1.82) is 0 Å². The van der Waals surface area contributed by atoms with E-state index in [1.165, 1.54) is 12.1 Å². The molecule has 1 aromatic rings. The van der Waals surface area contributed by atoms with Crippen LogP contribution >= 0.6 is 0 Å². The van der Waals surface area contributed by atoms with Gasteiger partial charge in [0.1, 0.15) is 0 Å². The van der Waals surface area contributed by atoms with Gasteiger partial charge in [-0.3, -0.25) is 0 Å². The van der Waals surface area contributed by atoms with Gasteiger partial charge in [0.15, 0.2) is 5.84 Å². The van der Waals surface area contributed by atoms with E-state index in [0.29, 0.717) is 6.42 Å². The monoisotopic (exact) mass is 304 g/mol. The number of anilines is 1. The lowest BCUT2D eigenvalue weighted by atomic mass is 10.2. The Morgan fingerprint density at radius 3 is 2.67 bits per heavy atom. The van der Waals surface area contributed by atoms with E-state index in [0.717, 1.165) is 12.1 Å². The maximum absolute atomic E-state index is 12.5. The molecule has 0 aliphatic heterocycles. The maximum atomic E-state index is 12.5. The number of carbonyl (C=O) groups is 1. The third-order valence-electron chi connectivity index (χ3n) is 2.63. The third-order valence-corrected chi connectivity index (χ3v) is 2.63. The molecule has 1 aromatic carbocycles. The van der Waals surface area contributed by atoms with E-state index in [-0.39, 0.29) is 11.5 Å². The molecule has 6 nitrogen and oxygen atoms in total. The smallest absolute Gasteiger partial charge is 0.409 e. The number of hydrogen-bond acceptors (Lipinski definition) is 3. The van der Waals surface area contributed by atoms with Crippen LogP contribution in [0.5, 0.6) is 0 Å². The minimum absolute atomic E-state index is 0.0170. The summed E-state index contributed by atoms with van der Waals surface area (Å²) < 4.78 is 37.6. The molecule has 5 N–H and O–H groups in total. The van der Waals surface area contributed by atoms with Gasteiger partial charge in [0.05, 0.1) is 11.6 Å². The zero-order valence-electron chi connectivity index (χ0n) is 11.1. The van der Waals surface area contributed by atoms with Gasteiger partial charge in [0.25, 0.3) is 0 Å². The van der Waals surface area contributed by atoms with Crippen molar-refractivity contribution in [3.63, 3.8) is 0 Å². The van der Waals surface area contributed by atoms with Crippen LogP contribution in [-0.4, -0.2) is 23.1 Å². The van der Waals surface area contributed by atoms with Crippen LogP contribution in [0.3, 0.4) is 0 Å². The number of alkyl halides is 3. The molecule has 0 heterocycles. The number of halogens is 3. The number of oxime groups is 1. The zero-order chi connectivity index (χ0) is 16.0. The summed E-state index contributed by atoms with van der Waals surface area (Å²) >= 11 is 0. The van der Waals surface area contributed by atoms with E-state index in [2.05, 4.69) is 15.8 Å². The predicted octanol–water partition coefficient (Wildman–Crippen LogP) is 2.35. The maximum Gasteiger partial charge on any atom is 0.416 e. The summed E-state index contributed by atoms with van der Waals surface area (Å²) in [5.74, 6) is -0.198. The average Bonchev–Trinajstić information content (AvgIpc) is 2.43. The molecule has 0 aliphatic carbocycles. The fourth-order valence-electron chi connectivity index (χ4n) is 1.55. The van der Waals surface area contributed by atoms with Crippen molar-refractivity contribution in [2.24, 2.45) is 10.9 Å². The topological polar surface area (TPSA) is 99.7 Å². The summed E-state index contributed by atoms with van der Waals surface area (Å²) in [7, 11) is 0. The average molecular weight is 304 g/mol. The molecule has 0 saturated carbocycles. The van der Waals surface area contributed by atoms with Gasteiger partial charge in [-0.1, -0.05) is 18.1 Å². The molecular formula is C12H15F3N4O2. The molecule has 1 rings (SSSR count). The molecule has 0 radical (unpaired) electrons. The number of benzene rings is 1. The van der Waals surface area contributed by atoms with Crippen molar-refractivity contribution in [3.8, 4) is 0 Å². The molecule has 0 aromatic heterocycles. The van der Waals surface area contributed by atoms with E-state index in [1.807, 2.05) is 0 Å². The molecule has 0 spiro atoms. The predicted molar refractivity (Wildman–Crippen MR) is 71.1 cm³/mol. The van der Waals surface area contributed by atoms with Gasteiger partial charge in [-0.15, -0.1) is 0 Å². The highest BCUT2D eigenvalue weighted by atomic mass is 19.4. The molecule has 0 bridgehead atoms. The largest absolute Gasteiger partial charge is 0.416 e. The summed E-state index contributed by atoms with van der Waals surface area (Å²) in [6.07, 6.45) is -4.14. The minimum atomic E-state index is -4.49. The molecule has 116 valence electrons. The van der Waals surface area contributed by atoms with Crippen molar-refractivity contribution < 1.29 is 23.2 Å². The first-order valence-electron chi connectivity index (χ1n) is 6.00. The summed E-state index contributed by atoms with van der Waals surface area (Å²) in [4.78, 5) is 11.7. The van der Waals surface area contributed by atoms with Gasteiger partial charge in [0.2, 0.25) is 0 Å². The Morgan fingerprint density at radius 2 is 2.14 bits per heavy atom. The highest BCUT2D eigenvalue weighted by molar-refractivity contribution is 5.94. The molecule has 1 atom stereocenters. The lowest BCUT2D eigenvalue weighted by Gasteiger charge is -2.16. The SMILES string of the molecule is CCC(NC(=O)Nc1cccc(C(F)(F)F)c1)/C(N)=N/O. The van der Waals surface area contributed by atoms with E-state index in [1.54, 1.807) is 6.92 Å². The van der Waals surface area contributed by atoms with E-state index in [9.17, 15) is 18.0 Å². The molecule has 0 fully saturated rings. The van der Waals surface area contributed by atoms with Crippen LogP contribution in [-0.2, 0) is 6.18 Å². The zero-order valence-corrected chi connectivity index (χ0v) is 11.1. The number of nitrogens with one attached hydrogen (secondary N) is 2. The molecule has 2 amide bonds. The number of urea groups is 1. The third kappa shape index (κ3) is 4.86. The molecule has 9 heteroatoms. The standard InChI is InChI=1S/C12H15F3N4O2/c1-2-9(10(16)19-21)18-11(20)17-8-5-3-4-7(6-8)12(13,14)15/h3-6,9,21H,2H2,1H3,(H2,16,19)(H2,17,18,20). The Bertz CT molecular complexity index is 531. The number of nitrogens with zero attached hydrogens (tertiary/aromatic N) is 1. The lowest BCUT2D eigenvalue weighted by molar-refractivity contribution is -0.137. The summed E-state index contributed by atoms with van der Waals surface area (Å²) in [5, 5.41) is 15.9. The van der Waals surface area contributed by atoms with Gasteiger partial charge in [-0.25, -0.2) is 4.79 Å². The lowest BCUT2D eigenvalue weighted by Crippen LogP contribution is -2.45. The second-order valence-corrected chi connectivity index (χ2v) is 4.16. The van der Waals surface area contributed by atoms with Crippen LogP contribution in [0.2, 0.25) is 0 Å².